The first-order valence-corrected chi connectivity index (χ1v) is 9.76. The van der Waals surface area contributed by atoms with E-state index in [1.807, 2.05) is 30.3 Å². The number of nitrogens with one attached hydrogen (secondary N) is 2. The van der Waals surface area contributed by atoms with Crippen LogP contribution >= 0.6 is 0 Å². The van der Waals surface area contributed by atoms with Gasteiger partial charge in [0.1, 0.15) is 16.7 Å². The molecule has 0 fully saturated rings. The van der Waals surface area contributed by atoms with E-state index in [9.17, 15) is 22.8 Å². The lowest BCUT2D eigenvalue weighted by Gasteiger charge is -2.15. The third-order valence-corrected chi connectivity index (χ3v) is 5.11. The predicted octanol–water partition coefficient (Wildman–Crippen LogP) is 3.76. The number of aromatic amines is 2. The summed E-state index contributed by atoms with van der Waals surface area (Å²) >= 11 is 0. The van der Waals surface area contributed by atoms with Crippen LogP contribution in [0.2, 0.25) is 0 Å². The number of rotatable bonds is 6. The van der Waals surface area contributed by atoms with E-state index in [2.05, 4.69) is 15.1 Å². The minimum absolute atomic E-state index is 0.00719. The first-order chi connectivity index (χ1) is 15.2. The minimum atomic E-state index is -4.44. The van der Waals surface area contributed by atoms with Gasteiger partial charge < -0.3 is 4.74 Å². The normalized spacial score (nSPS) is 12.9. The molecule has 0 bridgehead atoms. The summed E-state index contributed by atoms with van der Waals surface area (Å²) in [4.78, 5) is 29.1. The van der Waals surface area contributed by atoms with Crippen molar-refractivity contribution in [3.05, 3.63) is 97.8 Å². The van der Waals surface area contributed by atoms with Crippen molar-refractivity contribution < 1.29 is 17.9 Å². The van der Waals surface area contributed by atoms with Gasteiger partial charge in [-0.05, 0) is 30.2 Å². The second kappa shape index (κ2) is 8.46. The summed E-state index contributed by atoms with van der Waals surface area (Å²) < 4.78 is 45.7. The van der Waals surface area contributed by atoms with Crippen LogP contribution in [0.5, 0.6) is 0 Å². The summed E-state index contributed by atoms with van der Waals surface area (Å²) in [6.45, 7) is 2.02. The molecule has 0 unspecified atom stereocenters. The molecule has 0 aliphatic heterocycles. The van der Waals surface area contributed by atoms with Crippen molar-refractivity contribution in [2.75, 3.05) is 0 Å². The molecule has 0 saturated heterocycles. The smallest absolute Gasteiger partial charge is 0.370 e. The third kappa shape index (κ3) is 4.35. The van der Waals surface area contributed by atoms with Gasteiger partial charge >= 0.3 is 11.9 Å². The lowest BCUT2D eigenvalue weighted by molar-refractivity contribution is -0.137. The van der Waals surface area contributed by atoms with E-state index in [1.54, 1.807) is 6.92 Å². The lowest BCUT2D eigenvalue weighted by Crippen LogP contribution is -2.23. The highest BCUT2D eigenvalue weighted by Gasteiger charge is 2.30. The summed E-state index contributed by atoms with van der Waals surface area (Å²) in [7, 11) is 0. The number of H-pyrrole nitrogens is 2. The molecule has 0 amide bonds. The van der Waals surface area contributed by atoms with Crippen LogP contribution in [0, 0.1) is 0 Å². The quantitative estimate of drug-likeness (QED) is 0.474. The van der Waals surface area contributed by atoms with Crippen LogP contribution in [0.15, 0.2) is 64.2 Å². The molecule has 32 heavy (non-hydrogen) atoms. The lowest BCUT2D eigenvalue weighted by atomic mass is 10.1. The molecule has 2 N–H and O–H groups in total. The number of fused-ring (bicyclic) bond motifs is 1. The predicted molar refractivity (Wildman–Crippen MR) is 111 cm³/mol. The van der Waals surface area contributed by atoms with E-state index in [-0.39, 0.29) is 17.6 Å². The number of ether oxygens (including phenoxy) is 1. The molecule has 10 heteroatoms. The summed E-state index contributed by atoms with van der Waals surface area (Å²) in [6.07, 6.45) is -4.44. The van der Waals surface area contributed by atoms with Gasteiger partial charge in [0.25, 0.3) is 5.56 Å². The van der Waals surface area contributed by atoms with Gasteiger partial charge in [0.15, 0.2) is 0 Å². The Morgan fingerprint density at radius 2 is 1.69 bits per heavy atom. The van der Waals surface area contributed by atoms with Gasteiger partial charge in [-0.15, -0.1) is 0 Å². The van der Waals surface area contributed by atoms with E-state index in [0.717, 1.165) is 17.7 Å². The fraction of sp³-hybridized carbons (Fsp3) is 0.227. The Kier molecular flexibility index (Phi) is 5.70. The highest BCUT2D eigenvalue weighted by Crippen LogP contribution is 2.31. The Morgan fingerprint density at radius 3 is 2.34 bits per heavy atom. The van der Waals surface area contributed by atoms with E-state index in [4.69, 9.17) is 4.74 Å². The zero-order chi connectivity index (χ0) is 22.9. The minimum Gasteiger partial charge on any atom is -0.370 e. The van der Waals surface area contributed by atoms with Crippen LogP contribution in [-0.2, 0) is 24.1 Å². The summed E-state index contributed by atoms with van der Waals surface area (Å²) in [5.74, 6) is 0. The Balaban J connectivity index is 1.68. The van der Waals surface area contributed by atoms with Crippen LogP contribution in [0.25, 0.3) is 11.0 Å². The van der Waals surface area contributed by atoms with Gasteiger partial charge in [0, 0.05) is 0 Å². The number of hydrogen-bond acceptors (Lipinski definition) is 4. The monoisotopic (exact) mass is 444 g/mol. The molecule has 0 spiro atoms. The molecule has 0 saturated carbocycles. The van der Waals surface area contributed by atoms with Gasteiger partial charge in [0.2, 0.25) is 0 Å². The molecule has 7 nitrogen and oxygen atoms in total. The molecule has 4 rings (SSSR count). The van der Waals surface area contributed by atoms with Crippen LogP contribution in [0.3, 0.4) is 0 Å². The third-order valence-electron chi connectivity index (χ3n) is 5.11. The molecule has 2 aromatic carbocycles. The van der Waals surface area contributed by atoms with Crippen molar-refractivity contribution in [2.24, 2.45) is 0 Å². The number of nitrogens with zero attached hydrogens (tertiary/aromatic N) is 2. The molecule has 166 valence electrons. The molecule has 4 aromatic rings. The Morgan fingerprint density at radius 1 is 1.00 bits per heavy atom. The first kappa shape index (κ1) is 21.6. The van der Waals surface area contributed by atoms with Gasteiger partial charge in [-0.25, -0.2) is 9.48 Å². The fourth-order valence-corrected chi connectivity index (χ4v) is 3.46. The largest absolute Gasteiger partial charge is 0.416 e. The molecule has 2 aromatic heterocycles. The van der Waals surface area contributed by atoms with Gasteiger partial charge in [-0.1, -0.05) is 42.5 Å². The Bertz CT molecular complexity index is 1340. The highest BCUT2D eigenvalue weighted by molar-refractivity contribution is 5.77. The molecule has 2 heterocycles. The van der Waals surface area contributed by atoms with Crippen molar-refractivity contribution in [3.63, 3.8) is 0 Å². The summed E-state index contributed by atoms with van der Waals surface area (Å²) in [5.41, 5.74) is -0.139. The fourth-order valence-electron chi connectivity index (χ4n) is 3.46. The number of halogens is 3. The van der Waals surface area contributed by atoms with Crippen LogP contribution in [0.4, 0.5) is 13.2 Å². The van der Waals surface area contributed by atoms with Gasteiger partial charge in [-0.2, -0.15) is 18.3 Å². The van der Waals surface area contributed by atoms with Crippen molar-refractivity contribution >= 4 is 11.0 Å². The average Bonchev–Trinajstić information content (AvgIpc) is 3.12. The molecular weight excluding hydrogens is 425 g/mol. The number of hydrogen-bond donors (Lipinski definition) is 2. The van der Waals surface area contributed by atoms with E-state index < -0.39 is 29.0 Å². The topological polar surface area (TPSA) is 92.8 Å². The summed E-state index contributed by atoms with van der Waals surface area (Å²) in [5, 5.41) is 4.61. The van der Waals surface area contributed by atoms with Gasteiger partial charge in [-0.3, -0.25) is 14.8 Å². The van der Waals surface area contributed by atoms with E-state index >= 15 is 0 Å². The average molecular weight is 444 g/mol. The van der Waals surface area contributed by atoms with Gasteiger partial charge in [0.05, 0.1) is 24.8 Å². The van der Waals surface area contributed by atoms with E-state index in [1.165, 1.54) is 16.8 Å². The van der Waals surface area contributed by atoms with Crippen molar-refractivity contribution in [3.8, 4) is 0 Å². The van der Waals surface area contributed by atoms with Crippen molar-refractivity contribution in [2.45, 2.75) is 32.4 Å². The maximum absolute atomic E-state index is 12.9. The summed E-state index contributed by atoms with van der Waals surface area (Å²) in [6, 6.07) is 13.5. The maximum atomic E-state index is 12.9. The van der Waals surface area contributed by atoms with Crippen molar-refractivity contribution in [1.82, 2.24) is 19.7 Å². The van der Waals surface area contributed by atoms with Crippen LogP contribution in [0.1, 0.15) is 35.3 Å². The molecule has 0 radical (unpaired) electrons. The van der Waals surface area contributed by atoms with Crippen molar-refractivity contribution in [1.29, 1.82) is 0 Å². The zero-order valence-electron chi connectivity index (χ0n) is 16.9. The zero-order valence-corrected chi connectivity index (χ0v) is 16.9. The second-order valence-electron chi connectivity index (χ2n) is 7.30. The molecule has 0 aliphatic carbocycles. The molecular formula is C22H19F3N4O3. The van der Waals surface area contributed by atoms with Crippen LogP contribution < -0.4 is 11.2 Å². The standard InChI is InChI=1S/C22H19F3N4O3/c1-13(15-7-9-16(10-8-15)22(23,24)25)29-19-18(20(30)27-21(31)26-19)17(28-29)12-32-11-14-5-3-2-4-6-14/h2-10,13H,11-12H2,1H3,(H2,26,27,30,31)/t13-/m0/s1. The Hall–Kier alpha value is -3.66. The number of aromatic nitrogens is 4. The molecule has 1 atom stereocenters. The number of alkyl halides is 3. The van der Waals surface area contributed by atoms with E-state index in [0.29, 0.717) is 17.9 Å². The highest BCUT2D eigenvalue weighted by atomic mass is 19.4. The second-order valence-corrected chi connectivity index (χ2v) is 7.30. The maximum Gasteiger partial charge on any atom is 0.416 e. The van der Waals surface area contributed by atoms with Crippen LogP contribution in [-0.4, -0.2) is 19.7 Å². The SMILES string of the molecule is C[C@@H](c1ccc(C(F)(F)F)cc1)n1nc(COCc2ccccc2)c2c(=O)[nH]c(=O)[nH]c21. The first-order valence-electron chi connectivity index (χ1n) is 9.76. The molecule has 0 aliphatic rings. The number of benzene rings is 2. The Labute approximate surface area is 179 Å².